The molecule has 0 saturated heterocycles. The van der Waals surface area contributed by atoms with Crippen LogP contribution in [0.25, 0.3) is 0 Å². The fourth-order valence-corrected chi connectivity index (χ4v) is 1.78. The first-order valence-corrected chi connectivity index (χ1v) is 6.14. The van der Waals surface area contributed by atoms with E-state index in [9.17, 15) is 0 Å². The first-order chi connectivity index (χ1) is 7.85. The number of nitrogens with two attached hydrogens (primary N) is 1. The lowest BCUT2D eigenvalue weighted by Gasteiger charge is -2.25. The summed E-state index contributed by atoms with van der Waals surface area (Å²) in [5, 5.41) is 12.9. The number of hydrogen-bond donors (Lipinski definition) is 3. The molecular formula is C13H21ClN2O. The molecule has 0 saturated carbocycles. The van der Waals surface area contributed by atoms with Gasteiger partial charge in [-0.3, -0.25) is 0 Å². The van der Waals surface area contributed by atoms with Crippen molar-refractivity contribution in [2.24, 2.45) is 5.41 Å². The van der Waals surface area contributed by atoms with Crippen LogP contribution in [0, 0.1) is 12.3 Å². The van der Waals surface area contributed by atoms with Crippen molar-refractivity contribution in [3.63, 3.8) is 0 Å². The molecule has 1 aromatic carbocycles. The highest BCUT2D eigenvalue weighted by Gasteiger charge is 2.17. The van der Waals surface area contributed by atoms with Gasteiger partial charge in [0, 0.05) is 18.8 Å². The van der Waals surface area contributed by atoms with Gasteiger partial charge >= 0.3 is 0 Å². The predicted molar refractivity (Wildman–Crippen MR) is 74.6 cm³/mol. The number of nitrogens with one attached hydrogen (secondary N) is 1. The number of rotatable bonds is 5. The molecular weight excluding hydrogens is 236 g/mol. The van der Waals surface area contributed by atoms with Crippen LogP contribution in [0.1, 0.15) is 25.8 Å². The molecule has 0 aromatic heterocycles. The summed E-state index contributed by atoms with van der Waals surface area (Å²) < 4.78 is 0. The molecule has 0 bridgehead atoms. The molecule has 0 atom stereocenters. The summed E-state index contributed by atoms with van der Waals surface area (Å²) in [5.74, 6) is 0. The summed E-state index contributed by atoms with van der Waals surface area (Å²) in [7, 11) is 0. The monoisotopic (exact) mass is 256 g/mol. The highest BCUT2D eigenvalue weighted by atomic mass is 35.5. The number of aryl methyl sites for hydroxylation is 1. The van der Waals surface area contributed by atoms with E-state index in [1.54, 1.807) is 0 Å². The van der Waals surface area contributed by atoms with E-state index in [-0.39, 0.29) is 12.0 Å². The number of aliphatic hydroxyl groups is 1. The van der Waals surface area contributed by atoms with Crippen LogP contribution in [0.5, 0.6) is 0 Å². The Morgan fingerprint density at radius 3 is 2.65 bits per heavy atom. The summed E-state index contributed by atoms with van der Waals surface area (Å²) in [6.45, 7) is 7.22. The predicted octanol–water partition coefficient (Wildman–Crippen LogP) is 3.05. The lowest BCUT2D eigenvalue weighted by molar-refractivity contribution is 0.220. The Kier molecular flexibility index (Phi) is 4.66. The molecule has 1 rings (SSSR count). The molecule has 3 nitrogen and oxygen atoms in total. The lowest BCUT2D eigenvalue weighted by atomic mass is 9.89. The molecule has 0 aliphatic carbocycles. The summed E-state index contributed by atoms with van der Waals surface area (Å²) >= 11 is 5.99. The minimum Gasteiger partial charge on any atom is -0.398 e. The van der Waals surface area contributed by atoms with Gasteiger partial charge in [0.25, 0.3) is 0 Å². The van der Waals surface area contributed by atoms with Crippen LogP contribution >= 0.6 is 11.6 Å². The smallest absolute Gasteiger partial charge is 0.0656 e. The minimum atomic E-state index is 0.0506. The van der Waals surface area contributed by atoms with E-state index in [4.69, 9.17) is 22.4 Å². The number of hydrogen-bond acceptors (Lipinski definition) is 3. The normalized spacial score (nSPS) is 11.6. The van der Waals surface area contributed by atoms with Crippen molar-refractivity contribution in [1.29, 1.82) is 0 Å². The van der Waals surface area contributed by atoms with Crippen LogP contribution in [-0.4, -0.2) is 18.3 Å². The molecule has 0 heterocycles. The minimum absolute atomic E-state index is 0.0506. The van der Waals surface area contributed by atoms with Gasteiger partial charge in [0.15, 0.2) is 0 Å². The van der Waals surface area contributed by atoms with Gasteiger partial charge in [-0.1, -0.05) is 25.4 Å². The molecule has 4 heteroatoms. The summed E-state index contributed by atoms with van der Waals surface area (Å²) in [6.07, 6.45) is 0.766. The maximum absolute atomic E-state index is 8.97. The van der Waals surface area contributed by atoms with Crippen LogP contribution in [0.3, 0.4) is 0 Å². The van der Waals surface area contributed by atoms with E-state index in [0.29, 0.717) is 10.7 Å². The van der Waals surface area contributed by atoms with E-state index < -0.39 is 0 Å². The molecule has 17 heavy (non-hydrogen) atoms. The zero-order valence-electron chi connectivity index (χ0n) is 10.7. The Bertz CT molecular complexity index is 391. The van der Waals surface area contributed by atoms with E-state index in [2.05, 4.69) is 19.2 Å². The molecule has 0 aliphatic rings. The van der Waals surface area contributed by atoms with Crippen molar-refractivity contribution in [3.05, 3.63) is 22.7 Å². The first-order valence-electron chi connectivity index (χ1n) is 5.76. The summed E-state index contributed by atoms with van der Waals surface area (Å²) in [5.41, 5.74) is 8.45. The third-order valence-electron chi connectivity index (χ3n) is 2.89. The van der Waals surface area contributed by atoms with Crippen LogP contribution in [0.2, 0.25) is 5.02 Å². The molecule has 0 unspecified atom stereocenters. The quantitative estimate of drug-likeness (QED) is 0.710. The lowest BCUT2D eigenvalue weighted by Crippen LogP contribution is -2.24. The topological polar surface area (TPSA) is 58.3 Å². The third-order valence-corrected chi connectivity index (χ3v) is 3.22. The van der Waals surface area contributed by atoms with Gasteiger partial charge in [0.05, 0.1) is 10.7 Å². The van der Waals surface area contributed by atoms with Crippen molar-refractivity contribution in [2.75, 3.05) is 24.2 Å². The highest BCUT2D eigenvalue weighted by Crippen LogP contribution is 2.28. The third kappa shape index (κ3) is 4.10. The van der Waals surface area contributed by atoms with Crippen molar-refractivity contribution >= 4 is 23.0 Å². The Morgan fingerprint density at radius 2 is 2.06 bits per heavy atom. The van der Waals surface area contributed by atoms with E-state index in [1.807, 2.05) is 19.1 Å². The zero-order valence-corrected chi connectivity index (χ0v) is 11.4. The highest BCUT2D eigenvalue weighted by molar-refractivity contribution is 6.33. The maximum atomic E-state index is 8.97. The van der Waals surface area contributed by atoms with Crippen molar-refractivity contribution < 1.29 is 5.11 Å². The summed E-state index contributed by atoms with van der Waals surface area (Å²) in [6, 6.07) is 3.71. The van der Waals surface area contributed by atoms with Gasteiger partial charge < -0.3 is 16.2 Å². The number of anilines is 2. The second-order valence-corrected chi connectivity index (χ2v) is 5.59. The Labute approximate surface area is 108 Å². The fraction of sp³-hybridized carbons (Fsp3) is 0.538. The van der Waals surface area contributed by atoms with Crippen LogP contribution in [0.4, 0.5) is 11.4 Å². The summed E-state index contributed by atoms with van der Waals surface area (Å²) in [4.78, 5) is 0. The van der Waals surface area contributed by atoms with Crippen molar-refractivity contribution in [1.82, 2.24) is 0 Å². The van der Waals surface area contributed by atoms with Gasteiger partial charge in [-0.2, -0.15) is 0 Å². The second-order valence-electron chi connectivity index (χ2n) is 5.18. The number of benzene rings is 1. The Balaban J connectivity index is 2.73. The van der Waals surface area contributed by atoms with Crippen molar-refractivity contribution in [2.45, 2.75) is 27.2 Å². The van der Waals surface area contributed by atoms with E-state index >= 15 is 0 Å². The number of halogens is 1. The molecule has 96 valence electrons. The largest absolute Gasteiger partial charge is 0.398 e. The first kappa shape index (κ1) is 14.1. The van der Waals surface area contributed by atoms with Gasteiger partial charge in [-0.25, -0.2) is 0 Å². The van der Waals surface area contributed by atoms with E-state index in [0.717, 1.165) is 24.2 Å². The van der Waals surface area contributed by atoms with Crippen LogP contribution in [0.15, 0.2) is 12.1 Å². The maximum Gasteiger partial charge on any atom is 0.0656 e. The average Bonchev–Trinajstić information content (AvgIpc) is 2.21. The molecule has 0 amide bonds. The number of aliphatic hydroxyl groups excluding tert-OH is 1. The van der Waals surface area contributed by atoms with Gasteiger partial charge in [0.2, 0.25) is 0 Å². The second kappa shape index (κ2) is 5.61. The molecule has 0 aliphatic heterocycles. The van der Waals surface area contributed by atoms with Gasteiger partial charge in [0.1, 0.15) is 0 Å². The van der Waals surface area contributed by atoms with Crippen molar-refractivity contribution in [3.8, 4) is 0 Å². The molecule has 4 N–H and O–H groups in total. The zero-order chi connectivity index (χ0) is 13.1. The van der Waals surface area contributed by atoms with Gasteiger partial charge in [-0.05, 0) is 36.5 Å². The Morgan fingerprint density at radius 1 is 1.41 bits per heavy atom. The molecule has 1 aromatic rings. The Hall–Kier alpha value is -0.930. The van der Waals surface area contributed by atoms with Crippen LogP contribution < -0.4 is 11.1 Å². The fourth-order valence-electron chi connectivity index (χ4n) is 1.62. The van der Waals surface area contributed by atoms with Gasteiger partial charge in [-0.15, -0.1) is 0 Å². The SMILES string of the molecule is Cc1cc(N)c(Cl)cc1NCC(C)(C)CCO. The average molecular weight is 257 g/mol. The standard InChI is InChI=1S/C13H21ClN2O/c1-9-6-11(15)10(14)7-12(9)16-8-13(2,3)4-5-17/h6-7,16-17H,4-5,8,15H2,1-3H3. The molecule has 0 fully saturated rings. The van der Waals surface area contributed by atoms with E-state index in [1.165, 1.54) is 0 Å². The van der Waals surface area contributed by atoms with Crippen LogP contribution in [-0.2, 0) is 0 Å². The molecule has 0 spiro atoms. The molecule has 0 radical (unpaired) electrons. The number of nitrogen functional groups attached to an aromatic ring is 1.